The Bertz CT molecular complexity index is 552. The normalized spacial score (nSPS) is 20.5. The van der Waals surface area contributed by atoms with Crippen LogP contribution < -0.4 is 11.1 Å². The van der Waals surface area contributed by atoms with Gasteiger partial charge in [0.25, 0.3) is 5.91 Å². The van der Waals surface area contributed by atoms with Crippen LogP contribution in [0.15, 0.2) is 24.3 Å². The molecule has 5 nitrogen and oxygen atoms in total. The van der Waals surface area contributed by atoms with E-state index in [1.165, 1.54) is 6.42 Å². The Morgan fingerprint density at radius 3 is 2.33 bits per heavy atom. The first-order valence-electron chi connectivity index (χ1n) is 8.99. The summed E-state index contributed by atoms with van der Waals surface area (Å²) in [5.74, 6) is 0.300. The van der Waals surface area contributed by atoms with Crippen LogP contribution in [0.2, 0.25) is 0 Å². The fourth-order valence-corrected chi connectivity index (χ4v) is 3.33. The lowest BCUT2D eigenvalue weighted by Crippen LogP contribution is -2.35. The van der Waals surface area contributed by atoms with Crippen molar-refractivity contribution in [2.24, 2.45) is 11.7 Å². The van der Waals surface area contributed by atoms with Crippen molar-refractivity contribution in [3.8, 4) is 0 Å². The number of carbonyl (C=O) groups is 2. The van der Waals surface area contributed by atoms with Gasteiger partial charge in [-0.05, 0) is 56.9 Å². The number of rotatable bonds is 6. The summed E-state index contributed by atoms with van der Waals surface area (Å²) < 4.78 is 0. The fraction of sp³-hybridized carbons (Fsp3) is 0.579. The number of hydrogen-bond donors (Lipinski definition) is 2. The Morgan fingerprint density at radius 2 is 1.75 bits per heavy atom. The number of anilines is 1. The Kier molecular flexibility index (Phi) is 6.79. The van der Waals surface area contributed by atoms with E-state index in [2.05, 4.69) is 5.32 Å². The number of nitrogens with one attached hydrogen (secondary N) is 1. The van der Waals surface area contributed by atoms with Gasteiger partial charge in [-0.3, -0.25) is 9.59 Å². The minimum atomic E-state index is 0.000157. The summed E-state index contributed by atoms with van der Waals surface area (Å²) in [5.41, 5.74) is 7.47. The van der Waals surface area contributed by atoms with Crippen molar-refractivity contribution >= 4 is 17.5 Å². The third-order valence-corrected chi connectivity index (χ3v) is 4.88. The Hall–Kier alpha value is -1.88. The molecule has 0 bridgehead atoms. The number of nitrogens with zero attached hydrogens (tertiary/aromatic N) is 1. The lowest BCUT2D eigenvalue weighted by atomic mass is 9.83. The molecule has 2 rings (SSSR count). The number of benzene rings is 1. The first kappa shape index (κ1) is 18.5. The van der Waals surface area contributed by atoms with Gasteiger partial charge < -0.3 is 16.0 Å². The van der Waals surface area contributed by atoms with Crippen LogP contribution in [0.4, 0.5) is 5.69 Å². The largest absolute Gasteiger partial charge is 0.339 e. The second-order valence-electron chi connectivity index (χ2n) is 6.52. The summed E-state index contributed by atoms with van der Waals surface area (Å²) in [5, 5.41) is 2.91. The van der Waals surface area contributed by atoms with Crippen LogP contribution in [0.3, 0.4) is 0 Å². The van der Waals surface area contributed by atoms with Gasteiger partial charge in [0.2, 0.25) is 5.91 Å². The third kappa shape index (κ3) is 4.81. The Labute approximate surface area is 144 Å². The fourth-order valence-electron chi connectivity index (χ4n) is 3.33. The van der Waals surface area contributed by atoms with Gasteiger partial charge in [0.15, 0.2) is 0 Å². The molecule has 0 spiro atoms. The minimum absolute atomic E-state index is 0.000157. The van der Waals surface area contributed by atoms with E-state index in [0.717, 1.165) is 24.9 Å². The van der Waals surface area contributed by atoms with E-state index in [-0.39, 0.29) is 23.8 Å². The van der Waals surface area contributed by atoms with Crippen LogP contribution in [0.1, 0.15) is 56.3 Å². The molecule has 24 heavy (non-hydrogen) atoms. The zero-order chi connectivity index (χ0) is 17.5. The molecule has 132 valence electrons. The van der Waals surface area contributed by atoms with Gasteiger partial charge >= 0.3 is 0 Å². The summed E-state index contributed by atoms with van der Waals surface area (Å²) >= 11 is 0. The van der Waals surface area contributed by atoms with Crippen molar-refractivity contribution < 1.29 is 9.59 Å². The highest BCUT2D eigenvalue weighted by Gasteiger charge is 2.24. The molecule has 5 heteroatoms. The maximum atomic E-state index is 12.3. The van der Waals surface area contributed by atoms with Crippen molar-refractivity contribution in [1.29, 1.82) is 0 Å². The molecule has 1 fully saturated rings. The van der Waals surface area contributed by atoms with Gasteiger partial charge in [-0.1, -0.05) is 12.8 Å². The molecular formula is C19H29N3O2. The van der Waals surface area contributed by atoms with E-state index in [1.54, 1.807) is 29.2 Å². The average Bonchev–Trinajstić information content (AvgIpc) is 2.58. The maximum absolute atomic E-state index is 12.3. The quantitative estimate of drug-likeness (QED) is 0.841. The zero-order valence-corrected chi connectivity index (χ0v) is 14.8. The zero-order valence-electron chi connectivity index (χ0n) is 14.8. The molecule has 2 unspecified atom stereocenters. The second kappa shape index (κ2) is 8.83. The first-order chi connectivity index (χ1) is 11.5. The molecule has 1 aromatic rings. The first-order valence-corrected chi connectivity index (χ1v) is 8.99. The maximum Gasteiger partial charge on any atom is 0.253 e. The monoisotopic (exact) mass is 331 g/mol. The van der Waals surface area contributed by atoms with Crippen molar-refractivity contribution in [1.82, 2.24) is 4.90 Å². The molecule has 0 heterocycles. The molecule has 0 saturated heterocycles. The van der Waals surface area contributed by atoms with Gasteiger partial charge in [-0.25, -0.2) is 0 Å². The molecule has 1 saturated carbocycles. The highest BCUT2D eigenvalue weighted by molar-refractivity contribution is 5.95. The molecular weight excluding hydrogens is 302 g/mol. The highest BCUT2D eigenvalue weighted by atomic mass is 16.2. The highest BCUT2D eigenvalue weighted by Crippen LogP contribution is 2.26. The summed E-state index contributed by atoms with van der Waals surface area (Å²) in [6, 6.07) is 7.24. The van der Waals surface area contributed by atoms with Crippen molar-refractivity contribution in [3.05, 3.63) is 29.8 Å². The predicted octanol–water partition coefficient (Wildman–Crippen LogP) is 3.01. The number of hydrogen-bond acceptors (Lipinski definition) is 3. The molecule has 0 aliphatic heterocycles. The smallest absolute Gasteiger partial charge is 0.253 e. The average molecular weight is 331 g/mol. The van der Waals surface area contributed by atoms with E-state index < -0.39 is 0 Å². The van der Waals surface area contributed by atoms with E-state index in [1.807, 2.05) is 13.8 Å². The van der Waals surface area contributed by atoms with Crippen LogP contribution in [0.5, 0.6) is 0 Å². The molecule has 3 N–H and O–H groups in total. The molecule has 0 radical (unpaired) electrons. The molecule has 0 aromatic heterocycles. The van der Waals surface area contributed by atoms with Gasteiger partial charge in [0, 0.05) is 36.8 Å². The molecule has 1 aromatic carbocycles. The molecule has 2 amide bonds. The predicted molar refractivity (Wildman–Crippen MR) is 96.9 cm³/mol. The molecule has 1 aliphatic rings. The van der Waals surface area contributed by atoms with Crippen molar-refractivity contribution in [2.45, 2.75) is 52.0 Å². The Balaban J connectivity index is 1.91. The van der Waals surface area contributed by atoms with Crippen LogP contribution in [0.25, 0.3) is 0 Å². The lowest BCUT2D eigenvalue weighted by molar-refractivity contribution is -0.117. The number of amides is 2. The van der Waals surface area contributed by atoms with Gasteiger partial charge in [0.1, 0.15) is 0 Å². The van der Waals surface area contributed by atoms with Crippen molar-refractivity contribution in [3.63, 3.8) is 0 Å². The molecule has 2 atom stereocenters. The van der Waals surface area contributed by atoms with Crippen LogP contribution in [-0.4, -0.2) is 35.8 Å². The third-order valence-electron chi connectivity index (χ3n) is 4.88. The van der Waals surface area contributed by atoms with Crippen LogP contribution >= 0.6 is 0 Å². The SMILES string of the molecule is CCN(CC)C(=O)c1ccc(NC(=O)CC2CCCCC2N)cc1. The van der Waals surface area contributed by atoms with Gasteiger partial charge in [-0.15, -0.1) is 0 Å². The summed E-state index contributed by atoms with van der Waals surface area (Å²) in [6.45, 7) is 5.31. The standard InChI is InChI=1S/C19H29N3O2/c1-3-22(4-2)19(24)14-9-11-16(12-10-14)21-18(23)13-15-7-5-6-8-17(15)20/h9-12,15,17H,3-8,13,20H2,1-2H3,(H,21,23). The van der Waals surface area contributed by atoms with Crippen LogP contribution in [-0.2, 0) is 4.79 Å². The van der Waals surface area contributed by atoms with Gasteiger partial charge in [0.05, 0.1) is 0 Å². The topological polar surface area (TPSA) is 75.4 Å². The van der Waals surface area contributed by atoms with Crippen LogP contribution in [0, 0.1) is 5.92 Å². The molecule has 1 aliphatic carbocycles. The minimum Gasteiger partial charge on any atom is -0.339 e. The van der Waals surface area contributed by atoms with Crippen molar-refractivity contribution in [2.75, 3.05) is 18.4 Å². The number of nitrogens with two attached hydrogens (primary N) is 1. The number of carbonyl (C=O) groups excluding carboxylic acids is 2. The van der Waals surface area contributed by atoms with Gasteiger partial charge in [-0.2, -0.15) is 0 Å². The van der Waals surface area contributed by atoms with E-state index >= 15 is 0 Å². The van der Waals surface area contributed by atoms with E-state index in [9.17, 15) is 9.59 Å². The second-order valence-corrected chi connectivity index (χ2v) is 6.52. The Morgan fingerprint density at radius 1 is 1.12 bits per heavy atom. The summed E-state index contributed by atoms with van der Waals surface area (Å²) in [6.07, 6.45) is 4.85. The lowest BCUT2D eigenvalue weighted by Gasteiger charge is -2.27. The summed E-state index contributed by atoms with van der Waals surface area (Å²) in [4.78, 5) is 26.2. The van der Waals surface area contributed by atoms with E-state index in [0.29, 0.717) is 25.1 Å². The van der Waals surface area contributed by atoms with E-state index in [4.69, 9.17) is 5.73 Å². The summed E-state index contributed by atoms with van der Waals surface area (Å²) in [7, 11) is 0.